The molecule has 3 aromatic rings. The molecule has 5 rings (SSSR count). The summed E-state index contributed by atoms with van der Waals surface area (Å²) in [5.41, 5.74) is 9.02. The zero-order valence-electron chi connectivity index (χ0n) is 20.3. The number of ether oxygens (including phenoxy) is 1. The Kier molecular flexibility index (Phi) is 8.06. The molecule has 0 radical (unpaired) electrons. The summed E-state index contributed by atoms with van der Waals surface area (Å²) in [6.45, 7) is 14.1. The number of carbonyl (C=O) groups is 1. The number of fused-ring (bicyclic) bond motifs is 2. The smallest absolute Gasteiger partial charge is 0.340 e. The quantitative estimate of drug-likeness (QED) is 0.176. The van der Waals surface area contributed by atoms with E-state index in [1.54, 1.807) is 6.07 Å². The molecule has 0 unspecified atom stereocenters. The Morgan fingerprint density at radius 1 is 0.763 bits per heavy atom. The third-order valence-corrected chi connectivity index (χ3v) is 6.11. The van der Waals surface area contributed by atoms with Gasteiger partial charge in [0.15, 0.2) is 0 Å². The minimum absolute atomic E-state index is 0. The highest BCUT2D eigenvalue weighted by Gasteiger charge is 2.20. The molecule has 3 aromatic carbocycles. The maximum atomic E-state index is 12.8. The number of hydrogen-bond acceptors (Lipinski definition) is 8. The number of carbonyl (C=O) groups excluding carboxylic acids is 1. The standard InChI is InChI=1S/C28H28N6O2.2CH4/c1-6-15(2)20-13-25(34-19-8-10-23-27(12-19)32-17(4)30-23)21(28(35)36-5)14-24(20)33-18-7-9-22-26(11-18)31-16(3)29-22;;/h7-14,29-34H,2-4,6H2,1,5H3;2*1H4. The molecule has 6 N–H and O–H groups in total. The third kappa shape index (κ3) is 5.29. The maximum Gasteiger partial charge on any atom is 0.340 e. The van der Waals surface area contributed by atoms with Gasteiger partial charge in [-0.25, -0.2) is 4.79 Å². The van der Waals surface area contributed by atoms with Crippen molar-refractivity contribution in [3.63, 3.8) is 0 Å². The zero-order chi connectivity index (χ0) is 25.4. The van der Waals surface area contributed by atoms with E-state index in [0.29, 0.717) is 11.3 Å². The third-order valence-electron chi connectivity index (χ3n) is 6.11. The number of esters is 1. The van der Waals surface area contributed by atoms with Crippen molar-refractivity contribution in [2.45, 2.75) is 28.2 Å². The summed E-state index contributed by atoms with van der Waals surface area (Å²) in [4.78, 5) is 12.8. The molecule has 198 valence electrons. The average molecular weight is 513 g/mol. The van der Waals surface area contributed by atoms with Crippen LogP contribution in [-0.2, 0) is 4.74 Å². The highest BCUT2D eigenvalue weighted by Crippen LogP contribution is 2.39. The number of methoxy groups -OCH3 is 1. The molecule has 2 heterocycles. The summed E-state index contributed by atoms with van der Waals surface area (Å²) in [5, 5.41) is 19.6. The molecule has 8 heteroatoms. The van der Waals surface area contributed by atoms with Gasteiger partial charge in [-0.1, -0.05) is 41.5 Å². The lowest BCUT2D eigenvalue weighted by Gasteiger charge is -2.19. The second-order valence-corrected chi connectivity index (χ2v) is 8.62. The Morgan fingerprint density at radius 2 is 1.21 bits per heavy atom. The van der Waals surface area contributed by atoms with E-state index < -0.39 is 5.97 Å². The van der Waals surface area contributed by atoms with E-state index in [0.717, 1.165) is 69.0 Å². The van der Waals surface area contributed by atoms with Crippen LogP contribution in [0.5, 0.6) is 0 Å². The summed E-state index contributed by atoms with van der Waals surface area (Å²) in [6, 6.07) is 15.5. The summed E-state index contributed by atoms with van der Waals surface area (Å²) in [5.74, 6) is 1.00. The molecule has 8 nitrogen and oxygen atoms in total. The largest absolute Gasteiger partial charge is 0.465 e. The molecule has 2 aliphatic rings. The fraction of sp³-hybridized carbons (Fsp3) is 0.167. The second-order valence-electron chi connectivity index (χ2n) is 8.62. The van der Waals surface area contributed by atoms with E-state index in [1.807, 2.05) is 42.5 Å². The van der Waals surface area contributed by atoms with Crippen molar-refractivity contribution in [3.8, 4) is 0 Å². The molecule has 0 aliphatic carbocycles. The summed E-state index contributed by atoms with van der Waals surface area (Å²) < 4.78 is 5.12. The lowest BCUT2D eigenvalue weighted by molar-refractivity contribution is 0.0602. The first-order valence-electron chi connectivity index (χ1n) is 11.6. The Hall–Kier alpha value is -4.85. The van der Waals surface area contributed by atoms with Crippen LogP contribution in [0.3, 0.4) is 0 Å². The van der Waals surface area contributed by atoms with Gasteiger partial charge in [0.05, 0.1) is 41.1 Å². The molecule has 0 bridgehead atoms. The molecule has 0 aromatic heterocycles. The molecule has 0 amide bonds. The van der Waals surface area contributed by atoms with E-state index in [4.69, 9.17) is 4.74 Å². The number of benzene rings is 3. The molecule has 0 saturated heterocycles. The van der Waals surface area contributed by atoms with Crippen molar-refractivity contribution >= 4 is 57.0 Å². The van der Waals surface area contributed by atoms with Gasteiger partial charge in [0.25, 0.3) is 0 Å². The van der Waals surface area contributed by atoms with Gasteiger partial charge in [-0.2, -0.15) is 0 Å². The average Bonchev–Trinajstić information content (AvgIpc) is 3.43. The molecule has 0 atom stereocenters. The van der Waals surface area contributed by atoms with Crippen molar-refractivity contribution in [1.29, 1.82) is 0 Å². The van der Waals surface area contributed by atoms with Crippen molar-refractivity contribution in [3.05, 3.63) is 91.0 Å². The molecular formula is C30H36N6O2. The minimum atomic E-state index is -0.445. The molecular weight excluding hydrogens is 476 g/mol. The first kappa shape index (κ1) is 27.7. The second kappa shape index (κ2) is 11.0. The molecule has 0 saturated carbocycles. The van der Waals surface area contributed by atoms with E-state index in [9.17, 15) is 4.79 Å². The Morgan fingerprint density at radius 3 is 1.68 bits per heavy atom. The summed E-state index contributed by atoms with van der Waals surface area (Å²) >= 11 is 0. The van der Waals surface area contributed by atoms with Crippen molar-refractivity contribution in [2.24, 2.45) is 0 Å². The minimum Gasteiger partial charge on any atom is -0.465 e. The van der Waals surface area contributed by atoms with Gasteiger partial charge in [0, 0.05) is 22.6 Å². The van der Waals surface area contributed by atoms with Crippen LogP contribution in [0.4, 0.5) is 45.5 Å². The summed E-state index contributed by atoms with van der Waals surface area (Å²) in [6.07, 6.45) is 0.748. The van der Waals surface area contributed by atoms with Crippen molar-refractivity contribution < 1.29 is 9.53 Å². The topological polar surface area (TPSA) is 98.5 Å². The summed E-state index contributed by atoms with van der Waals surface area (Å²) in [7, 11) is 1.38. The number of anilines is 8. The van der Waals surface area contributed by atoms with Crippen molar-refractivity contribution in [2.75, 3.05) is 39.0 Å². The van der Waals surface area contributed by atoms with Crippen LogP contribution in [0.1, 0.15) is 44.1 Å². The predicted molar refractivity (Wildman–Crippen MR) is 163 cm³/mol. The van der Waals surface area contributed by atoms with Gasteiger partial charge >= 0.3 is 5.97 Å². The van der Waals surface area contributed by atoms with Gasteiger partial charge < -0.3 is 36.6 Å². The van der Waals surface area contributed by atoms with Crippen LogP contribution >= 0.6 is 0 Å². The Balaban J connectivity index is 0.00000200. The van der Waals surface area contributed by atoms with E-state index >= 15 is 0 Å². The number of nitrogens with one attached hydrogen (secondary N) is 6. The first-order chi connectivity index (χ1) is 17.3. The zero-order valence-corrected chi connectivity index (χ0v) is 20.3. The van der Waals surface area contributed by atoms with Gasteiger partial charge in [0.2, 0.25) is 0 Å². The lowest BCUT2D eigenvalue weighted by Crippen LogP contribution is -2.08. The highest BCUT2D eigenvalue weighted by atomic mass is 16.5. The van der Waals surface area contributed by atoms with E-state index in [-0.39, 0.29) is 14.9 Å². The van der Waals surface area contributed by atoms with Crippen LogP contribution in [0.2, 0.25) is 0 Å². The fourth-order valence-electron chi connectivity index (χ4n) is 4.26. The Bertz CT molecular complexity index is 1330. The van der Waals surface area contributed by atoms with Crippen LogP contribution in [0.15, 0.2) is 79.9 Å². The molecule has 38 heavy (non-hydrogen) atoms. The fourth-order valence-corrected chi connectivity index (χ4v) is 4.26. The lowest BCUT2D eigenvalue weighted by atomic mass is 9.98. The number of hydrogen-bond donors (Lipinski definition) is 6. The molecule has 2 aliphatic heterocycles. The molecule has 0 fully saturated rings. The van der Waals surface area contributed by atoms with E-state index in [2.05, 4.69) is 58.6 Å². The Labute approximate surface area is 224 Å². The van der Waals surface area contributed by atoms with Gasteiger partial charge in [-0.15, -0.1) is 0 Å². The van der Waals surface area contributed by atoms with Crippen LogP contribution in [0, 0.1) is 0 Å². The maximum absolute atomic E-state index is 12.8. The number of allylic oxidation sites excluding steroid dienone is 1. The normalized spacial score (nSPS) is 12.3. The predicted octanol–water partition coefficient (Wildman–Crippen LogP) is 8.27. The van der Waals surface area contributed by atoms with E-state index in [1.165, 1.54) is 7.11 Å². The van der Waals surface area contributed by atoms with Gasteiger partial charge in [-0.05, 0) is 60.5 Å². The van der Waals surface area contributed by atoms with Crippen LogP contribution < -0.4 is 31.9 Å². The van der Waals surface area contributed by atoms with Gasteiger partial charge in [0.1, 0.15) is 11.6 Å². The SMILES string of the molecule is C.C.C=C1Nc2ccc(Nc3cc(C(=O)OC)c(Nc4ccc5c(c4)NC(=C)N5)cc3C(=C)CC)cc2N1. The van der Waals surface area contributed by atoms with Crippen LogP contribution in [0.25, 0.3) is 5.57 Å². The number of rotatable bonds is 7. The molecule has 0 spiro atoms. The van der Waals surface area contributed by atoms with Gasteiger partial charge in [-0.3, -0.25) is 0 Å². The van der Waals surface area contributed by atoms with Crippen LogP contribution in [-0.4, -0.2) is 13.1 Å². The monoisotopic (exact) mass is 512 g/mol. The highest BCUT2D eigenvalue weighted by molar-refractivity contribution is 6.00. The van der Waals surface area contributed by atoms with Crippen molar-refractivity contribution in [1.82, 2.24) is 0 Å². The first-order valence-corrected chi connectivity index (χ1v) is 11.6.